The number of hydrogen-bond acceptors (Lipinski definition) is 1. The van der Waals surface area contributed by atoms with Gasteiger partial charge in [-0.2, -0.15) is 0 Å². The summed E-state index contributed by atoms with van der Waals surface area (Å²) in [4.78, 5) is 8.33. The summed E-state index contributed by atoms with van der Waals surface area (Å²) in [6, 6.07) is 14.7. The van der Waals surface area contributed by atoms with Gasteiger partial charge in [0, 0.05) is 16.6 Å². The second kappa shape index (κ2) is 4.10. The quantitative estimate of drug-likeness (QED) is 0.568. The third-order valence-electron chi connectivity index (χ3n) is 4.23. The Labute approximate surface area is 117 Å². The van der Waals surface area contributed by atoms with Crippen molar-refractivity contribution in [2.24, 2.45) is 0 Å². The van der Waals surface area contributed by atoms with Crippen LogP contribution >= 0.6 is 0 Å². The van der Waals surface area contributed by atoms with E-state index in [2.05, 4.69) is 65.7 Å². The van der Waals surface area contributed by atoms with Crippen molar-refractivity contribution in [3.05, 3.63) is 48.2 Å². The number of benzene rings is 1. The largest absolute Gasteiger partial charge is 0.339 e. The number of aromatic amines is 1. The van der Waals surface area contributed by atoms with Crippen LogP contribution in [0.1, 0.15) is 31.9 Å². The molecule has 4 aromatic rings. The van der Waals surface area contributed by atoms with E-state index < -0.39 is 0 Å². The van der Waals surface area contributed by atoms with Gasteiger partial charge in [0.15, 0.2) is 0 Å². The zero-order valence-corrected chi connectivity index (χ0v) is 11.7. The monoisotopic (exact) mass is 263 g/mol. The number of fused-ring (bicyclic) bond motifs is 5. The van der Waals surface area contributed by atoms with Crippen molar-refractivity contribution >= 4 is 27.7 Å². The van der Waals surface area contributed by atoms with Gasteiger partial charge < -0.3 is 4.98 Å². The highest BCUT2D eigenvalue weighted by Crippen LogP contribution is 2.29. The van der Waals surface area contributed by atoms with Gasteiger partial charge in [0.1, 0.15) is 16.8 Å². The lowest BCUT2D eigenvalue weighted by molar-refractivity contribution is 0.699. The summed E-state index contributed by atoms with van der Waals surface area (Å²) < 4.78 is 2.27. The summed E-state index contributed by atoms with van der Waals surface area (Å²) >= 11 is 0. The number of pyridine rings is 1. The molecule has 1 N–H and O–H groups in total. The fourth-order valence-corrected chi connectivity index (χ4v) is 2.94. The molecule has 4 rings (SSSR count). The first-order valence-corrected chi connectivity index (χ1v) is 7.17. The number of para-hydroxylation sites is 1. The van der Waals surface area contributed by atoms with Crippen molar-refractivity contribution in [1.82, 2.24) is 14.4 Å². The van der Waals surface area contributed by atoms with Gasteiger partial charge in [0.2, 0.25) is 0 Å². The van der Waals surface area contributed by atoms with Gasteiger partial charge >= 0.3 is 0 Å². The van der Waals surface area contributed by atoms with Crippen LogP contribution in [0.2, 0.25) is 0 Å². The molecule has 0 aliphatic rings. The summed E-state index contributed by atoms with van der Waals surface area (Å²) in [5.74, 6) is 0.516. The fraction of sp³-hybridized carbons (Fsp3) is 0.235. The topological polar surface area (TPSA) is 33.1 Å². The lowest BCUT2D eigenvalue weighted by Crippen LogP contribution is -2.01. The van der Waals surface area contributed by atoms with Crippen LogP contribution in [0.4, 0.5) is 0 Å². The Morgan fingerprint density at radius 2 is 2.00 bits per heavy atom. The minimum Gasteiger partial charge on any atom is -0.339 e. The lowest BCUT2D eigenvalue weighted by atomic mass is 10.0. The standard InChI is InChI=1S/C17H17N3/c1-3-11(2)14-9-6-10-15-19-16-12-7-4-5-8-13(12)18-17(16)20(14)15/h4-11,18H,3H2,1-2H3. The highest BCUT2D eigenvalue weighted by atomic mass is 15.1. The maximum atomic E-state index is 4.81. The van der Waals surface area contributed by atoms with Gasteiger partial charge in [-0.1, -0.05) is 38.1 Å². The molecule has 3 heterocycles. The predicted octanol–water partition coefficient (Wildman–Crippen LogP) is 4.48. The molecule has 1 aromatic carbocycles. The van der Waals surface area contributed by atoms with Crippen LogP contribution in [0, 0.1) is 0 Å². The van der Waals surface area contributed by atoms with Crippen LogP contribution in [0.5, 0.6) is 0 Å². The first kappa shape index (κ1) is 11.5. The zero-order valence-electron chi connectivity index (χ0n) is 11.7. The molecule has 1 atom stereocenters. The molecule has 0 fully saturated rings. The summed E-state index contributed by atoms with van der Waals surface area (Å²) in [5, 5.41) is 1.20. The van der Waals surface area contributed by atoms with Crippen molar-refractivity contribution in [2.45, 2.75) is 26.2 Å². The molecule has 0 bridgehead atoms. The van der Waals surface area contributed by atoms with Gasteiger partial charge in [-0.05, 0) is 30.5 Å². The molecule has 0 saturated heterocycles. The van der Waals surface area contributed by atoms with Gasteiger partial charge in [-0.15, -0.1) is 0 Å². The molecule has 0 spiro atoms. The zero-order chi connectivity index (χ0) is 13.7. The molecule has 0 aliphatic heterocycles. The molecule has 20 heavy (non-hydrogen) atoms. The van der Waals surface area contributed by atoms with E-state index in [1.807, 2.05) is 0 Å². The summed E-state index contributed by atoms with van der Waals surface area (Å²) in [6.45, 7) is 4.49. The molecular weight excluding hydrogens is 246 g/mol. The van der Waals surface area contributed by atoms with Crippen LogP contribution in [-0.2, 0) is 0 Å². The number of aromatic nitrogens is 3. The van der Waals surface area contributed by atoms with Crippen molar-refractivity contribution in [3.8, 4) is 0 Å². The minimum absolute atomic E-state index is 0.516. The van der Waals surface area contributed by atoms with Gasteiger partial charge in [0.05, 0.1) is 0 Å². The number of nitrogens with zero attached hydrogens (tertiary/aromatic N) is 2. The number of rotatable bonds is 2. The average molecular weight is 263 g/mol. The van der Waals surface area contributed by atoms with E-state index in [1.54, 1.807) is 0 Å². The maximum Gasteiger partial charge on any atom is 0.143 e. The normalized spacial score (nSPS) is 13.5. The van der Waals surface area contributed by atoms with Crippen LogP contribution in [-0.4, -0.2) is 14.4 Å². The van der Waals surface area contributed by atoms with Crippen LogP contribution in [0.25, 0.3) is 27.7 Å². The van der Waals surface area contributed by atoms with Crippen LogP contribution in [0.15, 0.2) is 42.5 Å². The number of imidazole rings is 1. The maximum absolute atomic E-state index is 4.81. The Morgan fingerprint density at radius 3 is 2.85 bits per heavy atom. The molecule has 3 aromatic heterocycles. The molecule has 1 unspecified atom stereocenters. The third kappa shape index (κ3) is 1.43. The smallest absolute Gasteiger partial charge is 0.143 e. The fourth-order valence-electron chi connectivity index (χ4n) is 2.94. The lowest BCUT2D eigenvalue weighted by Gasteiger charge is -2.11. The van der Waals surface area contributed by atoms with E-state index in [-0.39, 0.29) is 0 Å². The van der Waals surface area contributed by atoms with Gasteiger partial charge in [-0.3, -0.25) is 4.40 Å². The first-order valence-electron chi connectivity index (χ1n) is 7.17. The molecule has 0 radical (unpaired) electrons. The average Bonchev–Trinajstić information content (AvgIpc) is 3.02. The molecular formula is C17H17N3. The Morgan fingerprint density at radius 1 is 1.15 bits per heavy atom. The van der Waals surface area contributed by atoms with E-state index in [1.165, 1.54) is 11.1 Å². The summed E-state index contributed by atoms with van der Waals surface area (Å²) in [5.41, 5.74) is 5.67. The Balaban J connectivity index is 2.18. The van der Waals surface area contributed by atoms with E-state index in [0.29, 0.717) is 5.92 Å². The molecule has 0 aliphatic carbocycles. The molecule has 100 valence electrons. The van der Waals surface area contributed by atoms with Gasteiger partial charge in [-0.25, -0.2) is 4.98 Å². The number of H-pyrrole nitrogens is 1. The Bertz CT molecular complexity index is 914. The highest BCUT2D eigenvalue weighted by Gasteiger charge is 2.15. The van der Waals surface area contributed by atoms with Crippen LogP contribution < -0.4 is 0 Å². The van der Waals surface area contributed by atoms with E-state index in [9.17, 15) is 0 Å². The van der Waals surface area contributed by atoms with Crippen molar-refractivity contribution in [3.63, 3.8) is 0 Å². The summed E-state index contributed by atoms with van der Waals surface area (Å²) in [6.07, 6.45) is 1.12. The Kier molecular flexibility index (Phi) is 2.36. The molecule has 3 nitrogen and oxygen atoms in total. The summed E-state index contributed by atoms with van der Waals surface area (Å²) in [7, 11) is 0. The SMILES string of the molecule is CCC(C)c1cccc2nc3c4ccccc4[nH]c3n12. The number of hydrogen-bond donors (Lipinski definition) is 1. The third-order valence-corrected chi connectivity index (χ3v) is 4.23. The van der Waals surface area contributed by atoms with Crippen molar-refractivity contribution < 1.29 is 0 Å². The van der Waals surface area contributed by atoms with E-state index in [4.69, 9.17) is 4.98 Å². The van der Waals surface area contributed by atoms with E-state index in [0.717, 1.165) is 28.7 Å². The second-order valence-corrected chi connectivity index (χ2v) is 5.43. The van der Waals surface area contributed by atoms with Gasteiger partial charge in [0.25, 0.3) is 0 Å². The Hall–Kier alpha value is -2.29. The second-order valence-electron chi connectivity index (χ2n) is 5.43. The van der Waals surface area contributed by atoms with Crippen LogP contribution in [0.3, 0.4) is 0 Å². The van der Waals surface area contributed by atoms with Crippen molar-refractivity contribution in [2.75, 3.05) is 0 Å². The molecule has 0 saturated carbocycles. The van der Waals surface area contributed by atoms with E-state index >= 15 is 0 Å². The first-order chi connectivity index (χ1) is 9.79. The highest BCUT2D eigenvalue weighted by molar-refractivity contribution is 6.05. The predicted molar refractivity (Wildman–Crippen MR) is 83.3 cm³/mol. The molecule has 0 amide bonds. The minimum atomic E-state index is 0.516. The number of nitrogens with one attached hydrogen (secondary N) is 1. The molecule has 3 heteroatoms. The van der Waals surface area contributed by atoms with Crippen molar-refractivity contribution in [1.29, 1.82) is 0 Å².